The SMILES string of the molecule is CC1CCCCCC(C2CCCC(C)(C)CCCCN2)CCCC1. The van der Waals surface area contributed by atoms with Crippen molar-refractivity contribution in [2.45, 2.75) is 123 Å². The van der Waals surface area contributed by atoms with Crippen LogP contribution in [0.1, 0.15) is 117 Å². The molecule has 1 heteroatoms. The second kappa shape index (κ2) is 10.8. The average Bonchev–Trinajstić information content (AvgIpc) is 2.58. The monoisotopic (exact) mass is 335 g/mol. The van der Waals surface area contributed by atoms with Gasteiger partial charge in [0.25, 0.3) is 0 Å². The molecule has 1 saturated heterocycles. The zero-order valence-corrected chi connectivity index (χ0v) is 17.0. The quantitative estimate of drug-likeness (QED) is 0.538. The zero-order chi connectivity index (χ0) is 17.3. The number of nitrogens with one attached hydrogen (secondary N) is 1. The summed E-state index contributed by atoms with van der Waals surface area (Å²) in [5.74, 6) is 1.91. The summed E-state index contributed by atoms with van der Waals surface area (Å²) in [4.78, 5) is 0. The number of rotatable bonds is 1. The van der Waals surface area contributed by atoms with Gasteiger partial charge < -0.3 is 5.32 Å². The van der Waals surface area contributed by atoms with Gasteiger partial charge in [-0.2, -0.15) is 0 Å². The lowest BCUT2D eigenvalue weighted by atomic mass is 9.79. The lowest BCUT2D eigenvalue weighted by molar-refractivity contribution is 0.232. The van der Waals surface area contributed by atoms with Crippen molar-refractivity contribution >= 4 is 0 Å². The second-order valence-electron chi connectivity index (χ2n) is 9.86. The van der Waals surface area contributed by atoms with Crippen molar-refractivity contribution in [1.29, 1.82) is 0 Å². The lowest BCUT2D eigenvalue weighted by Gasteiger charge is -2.32. The molecule has 0 spiro atoms. The Hall–Kier alpha value is -0.0400. The molecule has 24 heavy (non-hydrogen) atoms. The Bertz CT molecular complexity index is 322. The van der Waals surface area contributed by atoms with E-state index in [-0.39, 0.29) is 0 Å². The Balaban J connectivity index is 1.88. The van der Waals surface area contributed by atoms with Crippen molar-refractivity contribution < 1.29 is 0 Å². The summed E-state index contributed by atoms with van der Waals surface area (Å²) in [5.41, 5.74) is 0.576. The third-order valence-electron chi connectivity index (χ3n) is 6.92. The molecule has 1 aliphatic heterocycles. The van der Waals surface area contributed by atoms with Gasteiger partial charge in [0.05, 0.1) is 0 Å². The Morgan fingerprint density at radius 2 is 1.29 bits per heavy atom. The van der Waals surface area contributed by atoms with E-state index in [0.717, 1.165) is 17.9 Å². The van der Waals surface area contributed by atoms with E-state index < -0.39 is 0 Å². The Labute approximate surface area is 152 Å². The first-order valence-electron chi connectivity index (χ1n) is 11.3. The molecule has 1 aliphatic carbocycles. The molecule has 0 aromatic heterocycles. The van der Waals surface area contributed by atoms with Crippen LogP contribution in [0.15, 0.2) is 0 Å². The molecule has 2 fully saturated rings. The summed E-state index contributed by atoms with van der Waals surface area (Å²) in [5, 5.41) is 4.00. The van der Waals surface area contributed by atoms with E-state index in [9.17, 15) is 0 Å². The van der Waals surface area contributed by atoms with Crippen molar-refractivity contribution in [2.75, 3.05) is 6.54 Å². The van der Waals surface area contributed by atoms with Crippen LogP contribution in [0.5, 0.6) is 0 Å². The number of hydrogen-bond acceptors (Lipinski definition) is 1. The molecule has 1 heterocycles. The van der Waals surface area contributed by atoms with Gasteiger partial charge in [-0.05, 0) is 62.3 Å². The van der Waals surface area contributed by atoms with Gasteiger partial charge in [-0.15, -0.1) is 0 Å². The maximum Gasteiger partial charge on any atom is 0.00953 e. The van der Waals surface area contributed by atoms with E-state index in [1.807, 2.05) is 0 Å². The molecule has 1 saturated carbocycles. The first-order chi connectivity index (χ1) is 11.6. The fourth-order valence-corrected chi connectivity index (χ4v) is 5.11. The maximum atomic E-state index is 4.00. The van der Waals surface area contributed by atoms with E-state index in [1.54, 1.807) is 0 Å². The highest BCUT2D eigenvalue weighted by molar-refractivity contribution is 4.80. The number of hydrogen-bond donors (Lipinski definition) is 1. The first-order valence-corrected chi connectivity index (χ1v) is 11.3. The average molecular weight is 336 g/mol. The molecule has 0 bridgehead atoms. The van der Waals surface area contributed by atoms with Crippen LogP contribution in [-0.2, 0) is 0 Å². The Kier molecular flexibility index (Phi) is 9.16. The smallest absolute Gasteiger partial charge is 0.00953 e. The molecule has 0 radical (unpaired) electrons. The van der Waals surface area contributed by atoms with Crippen molar-refractivity contribution in [2.24, 2.45) is 17.3 Å². The second-order valence-corrected chi connectivity index (χ2v) is 9.86. The molecule has 0 aromatic carbocycles. The minimum absolute atomic E-state index is 0.576. The molecule has 142 valence electrons. The summed E-state index contributed by atoms with van der Waals surface area (Å²) in [7, 11) is 0. The van der Waals surface area contributed by atoms with Crippen LogP contribution in [0.25, 0.3) is 0 Å². The Morgan fingerprint density at radius 1 is 0.667 bits per heavy atom. The highest BCUT2D eigenvalue weighted by atomic mass is 14.9. The Morgan fingerprint density at radius 3 is 2.08 bits per heavy atom. The van der Waals surface area contributed by atoms with Crippen molar-refractivity contribution in [3.8, 4) is 0 Å². The van der Waals surface area contributed by atoms with Gasteiger partial charge in [0.1, 0.15) is 0 Å². The van der Waals surface area contributed by atoms with Gasteiger partial charge in [0, 0.05) is 6.04 Å². The molecule has 3 atom stereocenters. The molecular weight excluding hydrogens is 290 g/mol. The van der Waals surface area contributed by atoms with E-state index in [4.69, 9.17) is 0 Å². The van der Waals surface area contributed by atoms with E-state index in [0.29, 0.717) is 5.41 Å². The van der Waals surface area contributed by atoms with Crippen LogP contribution in [0.3, 0.4) is 0 Å². The normalized spacial score (nSPS) is 34.9. The van der Waals surface area contributed by atoms with Gasteiger partial charge in [0.2, 0.25) is 0 Å². The molecule has 1 nitrogen and oxygen atoms in total. The van der Waals surface area contributed by atoms with Crippen LogP contribution in [0, 0.1) is 17.3 Å². The summed E-state index contributed by atoms with van der Waals surface area (Å²) < 4.78 is 0. The molecule has 1 N–H and O–H groups in total. The van der Waals surface area contributed by atoms with Gasteiger partial charge in [-0.25, -0.2) is 0 Å². The largest absolute Gasteiger partial charge is 0.314 e. The van der Waals surface area contributed by atoms with Crippen LogP contribution in [0.4, 0.5) is 0 Å². The van der Waals surface area contributed by atoms with Crippen molar-refractivity contribution in [3.63, 3.8) is 0 Å². The highest BCUT2D eigenvalue weighted by Gasteiger charge is 2.24. The third-order valence-corrected chi connectivity index (χ3v) is 6.92. The summed E-state index contributed by atoms with van der Waals surface area (Å²) in [6, 6.07) is 0.803. The molecule has 2 rings (SSSR count). The fraction of sp³-hybridized carbons (Fsp3) is 1.00. The van der Waals surface area contributed by atoms with Crippen LogP contribution in [-0.4, -0.2) is 12.6 Å². The first kappa shape index (κ1) is 20.3. The van der Waals surface area contributed by atoms with Crippen LogP contribution < -0.4 is 5.32 Å². The molecule has 0 amide bonds. The minimum Gasteiger partial charge on any atom is -0.314 e. The minimum atomic E-state index is 0.576. The molecule has 3 unspecified atom stereocenters. The third kappa shape index (κ3) is 7.89. The zero-order valence-electron chi connectivity index (χ0n) is 17.0. The van der Waals surface area contributed by atoms with Gasteiger partial charge in [-0.1, -0.05) is 78.6 Å². The topological polar surface area (TPSA) is 12.0 Å². The van der Waals surface area contributed by atoms with Gasteiger partial charge in [0.15, 0.2) is 0 Å². The maximum absolute atomic E-state index is 4.00. The molecule has 0 aromatic rings. The highest BCUT2D eigenvalue weighted by Crippen LogP contribution is 2.33. The van der Waals surface area contributed by atoms with Crippen LogP contribution >= 0.6 is 0 Å². The van der Waals surface area contributed by atoms with E-state index >= 15 is 0 Å². The predicted octanol–water partition coefficient (Wildman–Crippen LogP) is 7.10. The summed E-state index contributed by atoms with van der Waals surface area (Å²) in [6.45, 7) is 8.71. The van der Waals surface area contributed by atoms with Crippen molar-refractivity contribution in [1.82, 2.24) is 5.32 Å². The summed E-state index contributed by atoms with van der Waals surface area (Å²) in [6.07, 6.45) is 21.8. The fourth-order valence-electron chi connectivity index (χ4n) is 5.11. The predicted molar refractivity (Wildman–Crippen MR) is 107 cm³/mol. The summed E-state index contributed by atoms with van der Waals surface area (Å²) >= 11 is 0. The van der Waals surface area contributed by atoms with E-state index in [2.05, 4.69) is 26.1 Å². The lowest BCUT2D eigenvalue weighted by Crippen LogP contribution is -2.38. The molecular formula is C23H45N. The van der Waals surface area contributed by atoms with E-state index in [1.165, 1.54) is 103 Å². The van der Waals surface area contributed by atoms with Gasteiger partial charge >= 0.3 is 0 Å². The van der Waals surface area contributed by atoms with Crippen molar-refractivity contribution in [3.05, 3.63) is 0 Å². The molecule has 2 aliphatic rings. The van der Waals surface area contributed by atoms with Crippen LogP contribution in [0.2, 0.25) is 0 Å². The van der Waals surface area contributed by atoms with Gasteiger partial charge in [-0.3, -0.25) is 0 Å². The standard InChI is InChI=1S/C23H45N/c1-20-12-5-4-6-14-21(15-8-7-13-20)22-16-11-18-23(2,3)17-9-10-19-24-22/h20-22,24H,4-19H2,1-3H3.